The van der Waals surface area contributed by atoms with E-state index in [2.05, 4.69) is 44.8 Å². The summed E-state index contributed by atoms with van der Waals surface area (Å²) < 4.78 is 3.96. The predicted octanol–water partition coefficient (Wildman–Crippen LogP) is 3.68. The minimum atomic E-state index is -0.0621. The number of aryl methyl sites for hydroxylation is 2. The first-order valence-corrected chi connectivity index (χ1v) is 11.4. The number of benzene rings is 1. The Morgan fingerprint density at radius 2 is 1.94 bits per heavy atom. The van der Waals surface area contributed by atoms with Gasteiger partial charge in [0.2, 0.25) is 11.9 Å². The second-order valence-corrected chi connectivity index (χ2v) is 7.93. The van der Waals surface area contributed by atoms with Crippen molar-refractivity contribution in [2.75, 3.05) is 25.0 Å². The number of hydrogen-bond acceptors (Lipinski definition) is 5. The van der Waals surface area contributed by atoms with Crippen molar-refractivity contribution in [2.45, 2.75) is 60.0 Å². The molecule has 0 aliphatic heterocycles. The van der Waals surface area contributed by atoms with Crippen molar-refractivity contribution in [2.24, 2.45) is 0 Å². The highest BCUT2D eigenvalue weighted by molar-refractivity contribution is 5.91. The van der Waals surface area contributed by atoms with Crippen LogP contribution in [0.3, 0.4) is 0 Å². The van der Waals surface area contributed by atoms with Crippen LogP contribution in [0.25, 0.3) is 11.0 Å². The monoisotopic (exact) mass is 435 g/mol. The summed E-state index contributed by atoms with van der Waals surface area (Å²) in [6.07, 6.45) is 1.38. The molecule has 1 N–H and O–H groups in total. The van der Waals surface area contributed by atoms with Crippen LogP contribution in [0.15, 0.2) is 24.3 Å². The van der Waals surface area contributed by atoms with Gasteiger partial charge in [0.25, 0.3) is 0 Å². The highest BCUT2D eigenvalue weighted by Crippen LogP contribution is 2.21. The van der Waals surface area contributed by atoms with E-state index in [9.17, 15) is 4.79 Å². The van der Waals surface area contributed by atoms with E-state index in [0.717, 1.165) is 54.2 Å². The number of imidazole rings is 1. The van der Waals surface area contributed by atoms with Gasteiger partial charge in [-0.25, -0.2) is 4.98 Å². The Bertz CT molecular complexity index is 1100. The fourth-order valence-corrected chi connectivity index (χ4v) is 4.07. The molecular weight excluding hydrogens is 402 g/mol. The van der Waals surface area contributed by atoms with E-state index in [1.165, 1.54) is 0 Å². The Hall–Kier alpha value is -3.18. The van der Waals surface area contributed by atoms with E-state index in [0.29, 0.717) is 31.8 Å². The van der Waals surface area contributed by atoms with Crippen LogP contribution < -0.4 is 5.32 Å². The standard InChI is InChI=1S/C24H33N7O/c1-5-29(6-2)16-17-30-22-11-8-7-10-21(22)26-24(30)27-23(32)13-12-20-18(3)28-31(19(20)4)15-9-14-25/h7-8,10-11H,5-6,9,12-13,15-17H2,1-4H3,(H,26,27,32). The number of nitriles is 1. The SMILES string of the molecule is CCN(CC)CCn1c(NC(=O)CCc2c(C)nn(CCC#N)c2C)nc2ccccc21. The summed E-state index contributed by atoms with van der Waals surface area (Å²) in [7, 11) is 0. The molecular formula is C24H33N7O. The van der Waals surface area contributed by atoms with Crippen LogP contribution in [0.2, 0.25) is 0 Å². The van der Waals surface area contributed by atoms with E-state index in [1.807, 2.05) is 42.8 Å². The van der Waals surface area contributed by atoms with Crippen LogP contribution >= 0.6 is 0 Å². The molecule has 0 aliphatic carbocycles. The van der Waals surface area contributed by atoms with Crippen LogP contribution in [-0.2, 0) is 24.3 Å². The van der Waals surface area contributed by atoms with E-state index >= 15 is 0 Å². The third-order valence-electron chi connectivity index (χ3n) is 6.01. The molecule has 1 aromatic carbocycles. The lowest BCUT2D eigenvalue weighted by molar-refractivity contribution is -0.116. The van der Waals surface area contributed by atoms with Crippen molar-refractivity contribution in [3.63, 3.8) is 0 Å². The Morgan fingerprint density at radius 3 is 2.66 bits per heavy atom. The number of nitrogens with one attached hydrogen (secondary N) is 1. The van der Waals surface area contributed by atoms with Gasteiger partial charge in [-0.2, -0.15) is 10.4 Å². The Kier molecular flexibility index (Phi) is 8.01. The molecule has 0 saturated carbocycles. The minimum Gasteiger partial charge on any atom is -0.309 e. The number of rotatable bonds is 11. The van der Waals surface area contributed by atoms with Crippen molar-refractivity contribution in [1.29, 1.82) is 5.26 Å². The number of nitrogens with zero attached hydrogens (tertiary/aromatic N) is 6. The van der Waals surface area contributed by atoms with E-state index in [4.69, 9.17) is 5.26 Å². The van der Waals surface area contributed by atoms with Gasteiger partial charge in [0.15, 0.2) is 0 Å². The first kappa shape index (κ1) is 23.5. The first-order chi connectivity index (χ1) is 15.5. The van der Waals surface area contributed by atoms with Gasteiger partial charge >= 0.3 is 0 Å². The van der Waals surface area contributed by atoms with Gasteiger partial charge in [-0.15, -0.1) is 0 Å². The van der Waals surface area contributed by atoms with E-state index in [-0.39, 0.29) is 5.91 Å². The third-order valence-corrected chi connectivity index (χ3v) is 6.01. The summed E-state index contributed by atoms with van der Waals surface area (Å²) in [4.78, 5) is 19.9. The molecule has 0 saturated heterocycles. The number of amides is 1. The Morgan fingerprint density at radius 1 is 1.19 bits per heavy atom. The number of anilines is 1. The second kappa shape index (κ2) is 10.9. The maximum Gasteiger partial charge on any atom is 0.227 e. The molecule has 2 aromatic heterocycles. The van der Waals surface area contributed by atoms with Gasteiger partial charge in [0, 0.05) is 25.2 Å². The molecule has 3 rings (SSSR count). The van der Waals surface area contributed by atoms with Crippen LogP contribution in [0.1, 0.15) is 43.6 Å². The summed E-state index contributed by atoms with van der Waals surface area (Å²) in [5.41, 5.74) is 4.93. The Labute approximate surface area is 189 Å². The fourth-order valence-electron chi connectivity index (χ4n) is 4.07. The zero-order valence-corrected chi connectivity index (χ0v) is 19.6. The maximum absolute atomic E-state index is 12.8. The molecule has 0 spiro atoms. The smallest absolute Gasteiger partial charge is 0.227 e. The lowest BCUT2D eigenvalue weighted by Gasteiger charge is -2.19. The quantitative estimate of drug-likeness (QED) is 0.496. The van der Waals surface area contributed by atoms with Crippen molar-refractivity contribution >= 4 is 22.9 Å². The molecule has 0 bridgehead atoms. The van der Waals surface area contributed by atoms with Gasteiger partial charge < -0.3 is 9.47 Å². The molecule has 0 unspecified atom stereocenters. The molecule has 0 fully saturated rings. The summed E-state index contributed by atoms with van der Waals surface area (Å²) in [6.45, 7) is 12.5. The molecule has 32 heavy (non-hydrogen) atoms. The van der Waals surface area contributed by atoms with Gasteiger partial charge in [-0.3, -0.25) is 14.8 Å². The lowest BCUT2D eigenvalue weighted by atomic mass is 10.1. The minimum absolute atomic E-state index is 0.0621. The molecule has 8 nitrogen and oxygen atoms in total. The number of para-hydroxylation sites is 2. The molecule has 8 heteroatoms. The number of carbonyl (C=O) groups is 1. The zero-order chi connectivity index (χ0) is 23.1. The summed E-state index contributed by atoms with van der Waals surface area (Å²) in [6, 6.07) is 10.1. The number of aromatic nitrogens is 4. The topological polar surface area (TPSA) is 91.8 Å². The van der Waals surface area contributed by atoms with Crippen molar-refractivity contribution in [1.82, 2.24) is 24.2 Å². The summed E-state index contributed by atoms with van der Waals surface area (Å²) in [5, 5.41) is 16.4. The van der Waals surface area contributed by atoms with Crippen molar-refractivity contribution < 1.29 is 4.79 Å². The van der Waals surface area contributed by atoms with Gasteiger partial charge in [0.1, 0.15) is 0 Å². The van der Waals surface area contributed by atoms with Crippen LogP contribution in [0, 0.1) is 25.2 Å². The fraction of sp³-hybridized carbons (Fsp3) is 0.500. The molecule has 170 valence electrons. The molecule has 2 heterocycles. The van der Waals surface area contributed by atoms with E-state index < -0.39 is 0 Å². The number of fused-ring (bicyclic) bond motifs is 1. The third kappa shape index (κ3) is 5.35. The van der Waals surface area contributed by atoms with Crippen molar-refractivity contribution in [3.8, 4) is 6.07 Å². The first-order valence-electron chi connectivity index (χ1n) is 11.4. The van der Waals surface area contributed by atoms with Gasteiger partial charge in [0.05, 0.1) is 35.8 Å². The van der Waals surface area contributed by atoms with Gasteiger partial charge in [-0.05, 0) is 51.1 Å². The van der Waals surface area contributed by atoms with Gasteiger partial charge in [-0.1, -0.05) is 26.0 Å². The summed E-state index contributed by atoms with van der Waals surface area (Å²) >= 11 is 0. The van der Waals surface area contributed by atoms with Crippen LogP contribution in [0.5, 0.6) is 0 Å². The zero-order valence-electron chi connectivity index (χ0n) is 19.6. The van der Waals surface area contributed by atoms with E-state index in [1.54, 1.807) is 0 Å². The van der Waals surface area contributed by atoms with Crippen LogP contribution in [0.4, 0.5) is 5.95 Å². The molecule has 0 atom stereocenters. The molecule has 0 radical (unpaired) electrons. The normalized spacial score (nSPS) is 11.2. The largest absolute Gasteiger partial charge is 0.309 e. The maximum atomic E-state index is 12.8. The number of carbonyl (C=O) groups excluding carboxylic acids is 1. The highest BCUT2D eigenvalue weighted by atomic mass is 16.1. The average molecular weight is 436 g/mol. The van der Waals surface area contributed by atoms with Crippen LogP contribution in [-0.4, -0.2) is 49.8 Å². The second-order valence-electron chi connectivity index (χ2n) is 7.93. The number of likely N-dealkylation sites (N-methyl/N-ethyl adjacent to an activating group) is 1. The highest BCUT2D eigenvalue weighted by Gasteiger charge is 2.16. The lowest BCUT2D eigenvalue weighted by Crippen LogP contribution is -2.27. The average Bonchev–Trinajstić information content (AvgIpc) is 3.27. The number of hydrogen-bond donors (Lipinski definition) is 1. The molecule has 1 amide bonds. The van der Waals surface area contributed by atoms with Crippen molar-refractivity contribution in [3.05, 3.63) is 41.2 Å². The predicted molar refractivity (Wildman–Crippen MR) is 126 cm³/mol. The summed E-state index contributed by atoms with van der Waals surface area (Å²) in [5.74, 6) is 0.537. The Balaban J connectivity index is 1.71. The molecule has 0 aliphatic rings. The molecule has 3 aromatic rings.